The normalized spacial score (nSPS) is 11.4. The predicted molar refractivity (Wildman–Crippen MR) is 102 cm³/mol. The quantitative estimate of drug-likeness (QED) is 0.336. The highest BCUT2D eigenvalue weighted by atomic mass is 32.2. The second-order valence-corrected chi connectivity index (χ2v) is 8.18. The van der Waals surface area contributed by atoms with Crippen LogP contribution in [0, 0.1) is 10.1 Å². The molecule has 0 saturated carbocycles. The molecule has 0 spiro atoms. The molecule has 0 unspecified atom stereocenters. The van der Waals surface area contributed by atoms with E-state index in [9.17, 15) is 28.1 Å². The number of sulfone groups is 1. The van der Waals surface area contributed by atoms with Crippen LogP contribution < -0.4 is 10.3 Å². The number of hydrogen-bond acceptors (Lipinski definition) is 9. The summed E-state index contributed by atoms with van der Waals surface area (Å²) in [4.78, 5) is 42.0. The van der Waals surface area contributed by atoms with Crippen LogP contribution in [0.5, 0.6) is 11.5 Å². The third-order valence-electron chi connectivity index (χ3n) is 4.05. The number of fused-ring (bicyclic) bond motifs is 1. The molecule has 30 heavy (non-hydrogen) atoms. The minimum atomic E-state index is -3.70. The predicted octanol–water partition coefficient (Wildman–Crippen LogP) is 1.06. The lowest BCUT2D eigenvalue weighted by atomic mass is 10.1. The van der Waals surface area contributed by atoms with E-state index >= 15 is 0 Å². The molecular weight excluding hydrogens is 420 g/mol. The van der Waals surface area contributed by atoms with Crippen LogP contribution in [0.4, 0.5) is 5.69 Å². The van der Waals surface area contributed by atoms with E-state index in [1.54, 1.807) is 0 Å². The maximum absolute atomic E-state index is 12.7. The van der Waals surface area contributed by atoms with Crippen molar-refractivity contribution in [3.05, 3.63) is 56.5 Å². The van der Waals surface area contributed by atoms with E-state index < -0.39 is 43.6 Å². The fourth-order valence-electron chi connectivity index (χ4n) is 2.73. The summed E-state index contributed by atoms with van der Waals surface area (Å²) < 4.78 is 29.8. The summed E-state index contributed by atoms with van der Waals surface area (Å²) in [5.41, 5.74) is -1.38. The summed E-state index contributed by atoms with van der Waals surface area (Å²) in [5.74, 6) is -1.89. The van der Waals surface area contributed by atoms with Crippen LogP contribution in [0.25, 0.3) is 11.0 Å². The van der Waals surface area contributed by atoms with Crippen LogP contribution in [0.2, 0.25) is 0 Å². The van der Waals surface area contributed by atoms with Crippen LogP contribution in [-0.2, 0) is 28.1 Å². The lowest BCUT2D eigenvalue weighted by Gasteiger charge is -2.11. The summed E-state index contributed by atoms with van der Waals surface area (Å²) in [6, 6.07) is 5.10. The van der Waals surface area contributed by atoms with Crippen molar-refractivity contribution in [3.63, 3.8) is 0 Å². The Morgan fingerprint density at radius 2 is 2.03 bits per heavy atom. The lowest BCUT2D eigenvalue weighted by molar-refractivity contribution is -0.386. The summed E-state index contributed by atoms with van der Waals surface area (Å²) in [6.07, 6.45) is 1.50. The standard InChI is InChI=1S/C17H14N4O8S/c1-20-15-10(8-18-17(19-15)30(2,27)28)6-12(16(20)24)29-11-5-3-4-9(7-13(22)23)14(11)21(25)26/h3-6,8H,7H2,1-2H3,(H,22,23). The molecule has 0 saturated heterocycles. The number of ether oxygens (including phenoxy) is 1. The van der Waals surface area contributed by atoms with Gasteiger partial charge < -0.3 is 9.84 Å². The Kier molecular flexibility index (Phi) is 5.22. The number of nitro benzene ring substituents is 1. The van der Waals surface area contributed by atoms with Gasteiger partial charge in [0.15, 0.2) is 5.75 Å². The number of aromatic nitrogens is 3. The Labute approximate surface area is 168 Å². The number of aliphatic carboxylic acids is 1. The molecular formula is C17H14N4O8S. The van der Waals surface area contributed by atoms with Crippen molar-refractivity contribution >= 4 is 32.5 Å². The molecule has 1 N–H and O–H groups in total. The minimum absolute atomic E-state index is 0.0249. The van der Waals surface area contributed by atoms with Crippen molar-refractivity contribution in [2.45, 2.75) is 11.6 Å². The largest absolute Gasteiger partial charge is 0.481 e. The van der Waals surface area contributed by atoms with Crippen LogP contribution in [0.15, 0.2) is 40.4 Å². The molecule has 0 aliphatic heterocycles. The number of aryl methyl sites for hydroxylation is 1. The van der Waals surface area contributed by atoms with Crippen molar-refractivity contribution in [3.8, 4) is 11.5 Å². The first-order chi connectivity index (χ1) is 14.0. The van der Waals surface area contributed by atoms with E-state index in [-0.39, 0.29) is 28.1 Å². The van der Waals surface area contributed by atoms with Crippen molar-refractivity contribution in [2.75, 3.05) is 6.26 Å². The molecule has 1 aromatic carbocycles. The van der Waals surface area contributed by atoms with E-state index in [0.717, 1.165) is 10.8 Å². The van der Waals surface area contributed by atoms with Crippen molar-refractivity contribution in [2.24, 2.45) is 7.05 Å². The molecule has 0 fully saturated rings. The van der Waals surface area contributed by atoms with E-state index in [1.807, 2.05) is 0 Å². The van der Waals surface area contributed by atoms with Gasteiger partial charge in [0.05, 0.1) is 11.3 Å². The average molecular weight is 434 g/mol. The SMILES string of the molecule is Cn1c(=O)c(Oc2cccc(CC(=O)O)c2[N+](=O)[O-])cc2cnc(S(C)(=O)=O)nc21. The Bertz CT molecular complexity index is 1360. The van der Waals surface area contributed by atoms with Crippen LogP contribution in [0.3, 0.4) is 0 Å². The zero-order valence-corrected chi connectivity index (χ0v) is 16.4. The van der Waals surface area contributed by atoms with Crippen LogP contribution >= 0.6 is 0 Å². The van der Waals surface area contributed by atoms with Gasteiger partial charge in [0.25, 0.3) is 5.56 Å². The molecule has 0 aliphatic carbocycles. The highest BCUT2D eigenvalue weighted by Gasteiger charge is 2.24. The number of hydrogen-bond donors (Lipinski definition) is 1. The summed E-state index contributed by atoms with van der Waals surface area (Å²) in [5, 5.41) is 20.2. The molecule has 156 valence electrons. The number of pyridine rings is 1. The molecule has 3 rings (SSSR count). The number of carboxylic acids is 1. The number of para-hydroxylation sites is 1. The zero-order valence-electron chi connectivity index (χ0n) is 15.6. The number of benzene rings is 1. The van der Waals surface area contributed by atoms with Crippen molar-refractivity contribution in [1.29, 1.82) is 0 Å². The van der Waals surface area contributed by atoms with Gasteiger partial charge in [-0.1, -0.05) is 12.1 Å². The van der Waals surface area contributed by atoms with Crippen molar-refractivity contribution < 1.29 is 28.0 Å². The fourth-order valence-corrected chi connectivity index (χ4v) is 3.23. The van der Waals surface area contributed by atoms with E-state index in [1.165, 1.54) is 37.5 Å². The smallest absolute Gasteiger partial charge is 0.315 e. The van der Waals surface area contributed by atoms with Gasteiger partial charge in [-0.05, 0) is 12.1 Å². The van der Waals surface area contributed by atoms with Gasteiger partial charge in [-0.3, -0.25) is 24.3 Å². The molecule has 3 aromatic rings. The van der Waals surface area contributed by atoms with Gasteiger partial charge >= 0.3 is 11.7 Å². The Hall–Kier alpha value is -3.87. The molecule has 12 nitrogen and oxygen atoms in total. The van der Waals surface area contributed by atoms with Gasteiger partial charge in [-0.15, -0.1) is 0 Å². The number of carboxylic acid groups (broad SMARTS) is 1. The average Bonchev–Trinajstić information content (AvgIpc) is 2.64. The number of nitrogens with zero attached hydrogens (tertiary/aromatic N) is 4. The van der Waals surface area contributed by atoms with Gasteiger partial charge in [0, 0.05) is 30.4 Å². The lowest BCUT2D eigenvalue weighted by Crippen LogP contribution is -2.20. The third kappa shape index (κ3) is 3.96. The molecule has 0 bridgehead atoms. The van der Waals surface area contributed by atoms with Gasteiger partial charge in [0.2, 0.25) is 20.7 Å². The Morgan fingerprint density at radius 3 is 2.63 bits per heavy atom. The molecule has 13 heteroatoms. The highest BCUT2D eigenvalue weighted by Crippen LogP contribution is 2.34. The zero-order chi connectivity index (χ0) is 22.2. The second-order valence-electron chi connectivity index (χ2n) is 6.27. The molecule has 2 heterocycles. The van der Waals surface area contributed by atoms with E-state index in [0.29, 0.717) is 0 Å². The molecule has 0 atom stereocenters. The molecule has 0 radical (unpaired) electrons. The van der Waals surface area contributed by atoms with Crippen LogP contribution in [0.1, 0.15) is 5.56 Å². The van der Waals surface area contributed by atoms with Gasteiger partial charge in [0.1, 0.15) is 5.65 Å². The third-order valence-corrected chi connectivity index (χ3v) is 4.91. The topological polar surface area (TPSA) is 172 Å². The first-order valence-corrected chi connectivity index (χ1v) is 10.1. The minimum Gasteiger partial charge on any atom is -0.481 e. The fraction of sp³-hybridized carbons (Fsp3) is 0.176. The van der Waals surface area contributed by atoms with Gasteiger partial charge in [-0.25, -0.2) is 13.4 Å². The van der Waals surface area contributed by atoms with Crippen molar-refractivity contribution in [1.82, 2.24) is 14.5 Å². The maximum atomic E-state index is 12.7. The van der Waals surface area contributed by atoms with E-state index in [4.69, 9.17) is 9.84 Å². The number of carbonyl (C=O) groups is 1. The first-order valence-electron chi connectivity index (χ1n) is 8.22. The summed E-state index contributed by atoms with van der Waals surface area (Å²) >= 11 is 0. The summed E-state index contributed by atoms with van der Waals surface area (Å²) in [7, 11) is -2.38. The monoisotopic (exact) mass is 434 g/mol. The maximum Gasteiger partial charge on any atom is 0.315 e. The number of rotatable bonds is 6. The molecule has 0 amide bonds. The van der Waals surface area contributed by atoms with Crippen LogP contribution in [-0.4, -0.2) is 45.2 Å². The Morgan fingerprint density at radius 1 is 1.33 bits per heavy atom. The number of nitro groups is 1. The second kappa shape index (κ2) is 7.51. The van der Waals surface area contributed by atoms with Gasteiger partial charge in [-0.2, -0.15) is 4.98 Å². The molecule has 2 aromatic heterocycles. The Balaban J connectivity index is 2.15. The highest BCUT2D eigenvalue weighted by molar-refractivity contribution is 7.90. The first kappa shape index (κ1) is 20.9. The molecule has 0 aliphatic rings. The summed E-state index contributed by atoms with van der Waals surface area (Å²) in [6.45, 7) is 0. The van der Waals surface area contributed by atoms with E-state index in [2.05, 4.69) is 9.97 Å².